The fourth-order valence-corrected chi connectivity index (χ4v) is 6.45. The predicted octanol–water partition coefficient (Wildman–Crippen LogP) is -3.93. The van der Waals surface area contributed by atoms with Gasteiger partial charge in [-0.3, -0.25) is 14.4 Å². The third-order valence-electron chi connectivity index (χ3n) is 9.63. The smallest absolute Gasteiger partial charge is 0.317 e. The first-order valence-electron chi connectivity index (χ1n) is 17.4. The molecule has 0 aliphatic carbocycles. The molecular weight excluding hydrogens is 788 g/mol. The highest BCUT2D eigenvalue weighted by Gasteiger charge is 2.56. The van der Waals surface area contributed by atoms with Crippen LogP contribution in [0.5, 0.6) is 23.0 Å². The highest BCUT2D eigenvalue weighted by atomic mass is 16.8. The molecule has 318 valence electrons. The Morgan fingerprint density at radius 3 is 2.16 bits per heavy atom. The van der Waals surface area contributed by atoms with Gasteiger partial charge in [-0.2, -0.15) is 0 Å². The number of benzene rings is 2. The molecule has 12 N–H and O–H groups in total. The second kappa shape index (κ2) is 17.2. The molecule has 0 radical (unpaired) electrons. The average Bonchev–Trinajstić information content (AvgIpc) is 3.46. The van der Waals surface area contributed by atoms with E-state index in [0.717, 1.165) is 30.3 Å². The van der Waals surface area contributed by atoms with Crippen molar-refractivity contribution in [3.63, 3.8) is 0 Å². The van der Waals surface area contributed by atoms with E-state index in [0.29, 0.717) is 0 Å². The number of phenolic OH excluding ortho intramolecular Hbond substituents is 3. The number of ether oxygens (including phenoxy) is 7. The van der Waals surface area contributed by atoms with Crippen molar-refractivity contribution in [3.05, 3.63) is 46.6 Å². The van der Waals surface area contributed by atoms with E-state index in [1.165, 1.54) is 6.07 Å². The van der Waals surface area contributed by atoms with Crippen LogP contribution in [0.2, 0.25) is 0 Å². The van der Waals surface area contributed by atoms with Gasteiger partial charge in [0.15, 0.2) is 35.6 Å². The number of esters is 1. The Kier molecular flexibility index (Phi) is 12.7. The molecule has 13 atom stereocenters. The van der Waals surface area contributed by atoms with Gasteiger partial charge in [-0.25, -0.2) is 0 Å². The number of aliphatic hydroxyl groups excluding tert-OH is 7. The maximum Gasteiger partial charge on any atom is 0.317 e. The molecule has 3 fully saturated rings. The second-order valence-corrected chi connectivity index (χ2v) is 13.7. The number of carboxylic acids is 1. The number of hydrogen-bond donors (Lipinski definition) is 12. The molecule has 4 heterocycles. The van der Waals surface area contributed by atoms with E-state index in [1.807, 2.05) is 0 Å². The Bertz CT molecular complexity index is 2020. The molecule has 23 heteroatoms. The number of phenols is 3. The minimum Gasteiger partial charge on any atom is -0.507 e. The van der Waals surface area contributed by atoms with Crippen LogP contribution in [-0.4, -0.2) is 179 Å². The SMILES string of the molecule is O=C(O)CC(=O)OC[C@@H]1O[C@H](Oc2cc(O)c3c(=O)cc(-c4ccc(O)c(O)c4)oc3c2)[C@@H](O[C@H]2OC[C@](O)(CO)[C@H]2O)[C@@H](O)[C@H]1O[C@@H]1O[C@@H](CO)[C@H](O)[C@@H](O)[C@@H]1O. The van der Waals surface area contributed by atoms with E-state index in [4.69, 9.17) is 42.7 Å². The topological polar surface area (TPSA) is 372 Å². The minimum atomic E-state index is -2.25. The van der Waals surface area contributed by atoms with Crippen molar-refractivity contribution in [1.82, 2.24) is 0 Å². The standard InChI is InChI=1S/C35H40O23/c36-8-20-25(45)26(46)27(47)32(55-20)57-29-21(9-51-23(44)7-22(42)43)56-33(30(28(29)48)58-34-31(49)35(50,10-37)11-52-34)53-13-4-16(40)24-17(41)6-18(54-19(24)5-13)12-1-2-14(38)15(39)3-12/h1-6,20-21,25-34,36-40,45-50H,7-11H2,(H,42,43)/t20-,21-,25-,26+,27-,28-,29-,30-,31-,32-,33-,34+,35+/m0/s1. The maximum atomic E-state index is 13.1. The summed E-state index contributed by atoms with van der Waals surface area (Å²) in [5.41, 5.74) is -3.17. The van der Waals surface area contributed by atoms with Crippen LogP contribution in [0.3, 0.4) is 0 Å². The third kappa shape index (κ3) is 8.67. The van der Waals surface area contributed by atoms with Gasteiger partial charge in [-0.05, 0) is 18.2 Å². The number of aliphatic carboxylic acids is 1. The lowest BCUT2D eigenvalue weighted by Gasteiger charge is -2.47. The number of hydrogen-bond acceptors (Lipinski definition) is 22. The highest BCUT2D eigenvalue weighted by Crippen LogP contribution is 2.38. The molecule has 3 aliphatic rings. The van der Waals surface area contributed by atoms with Crippen molar-refractivity contribution in [3.8, 4) is 34.3 Å². The molecule has 0 unspecified atom stereocenters. The Morgan fingerprint density at radius 2 is 1.50 bits per heavy atom. The molecule has 0 bridgehead atoms. The van der Waals surface area contributed by atoms with Crippen molar-refractivity contribution >= 4 is 22.9 Å². The van der Waals surface area contributed by atoms with Gasteiger partial charge in [-0.1, -0.05) is 0 Å². The van der Waals surface area contributed by atoms with Gasteiger partial charge in [0.25, 0.3) is 0 Å². The summed E-state index contributed by atoms with van der Waals surface area (Å²) in [6, 6.07) is 6.59. The van der Waals surface area contributed by atoms with E-state index in [-0.39, 0.29) is 28.0 Å². The third-order valence-corrected chi connectivity index (χ3v) is 9.63. The van der Waals surface area contributed by atoms with Crippen LogP contribution < -0.4 is 10.2 Å². The van der Waals surface area contributed by atoms with E-state index in [2.05, 4.69) is 0 Å². The van der Waals surface area contributed by atoms with Crippen molar-refractivity contribution < 1.29 is 108 Å². The number of carbonyl (C=O) groups excluding carboxylic acids is 1. The quantitative estimate of drug-likeness (QED) is 0.0445. The van der Waals surface area contributed by atoms with Crippen LogP contribution in [0.4, 0.5) is 0 Å². The first-order chi connectivity index (χ1) is 27.4. The van der Waals surface area contributed by atoms with E-state index in [1.54, 1.807) is 0 Å². The summed E-state index contributed by atoms with van der Waals surface area (Å²) in [6.45, 7) is -3.46. The Labute approximate surface area is 324 Å². The molecule has 3 aromatic rings. The van der Waals surface area contributed by atoms with Gasteiger partial charge in [-0.15, -0.1) is 0 Å². The zero-order valence-electron chi connectivity index (χ0n) is 29.8. The van der Waals surface area contributed by atoms with Gasteiger partial charge in [0, 0.05) is 23.8 Å². The summed E-state index contributed by atoms with van der Waals surface area (Å²) >= 11 is 0. The largest absolute Gasteiger partial charge is 0.507 e. The van der Waals surface area contributed by atoms with E-state index < -0.39 is 147 Å². The Hall–Kier alpha value is -4.73. The molecule has 0 amide bonds. The zero-order valence-corrected chi connectivity index (χ0v) is 29.8. The van der Waals surface area contributed by atoms with Crippen LogP contribution in [0.25, 0.3) is 22.3 Å². The Morgan fingerprint density at radius 1 is 0.793 bits per heavy atom. The lowest BCUT2D eigenvalue weighted by Crippen LogP contribution is -2.66. The molecule has 23 nitrogen and oxygen atoms in total. The molecule has 3 aliphatic heterocycles. The highest BCUT2D eigenvalue weighted by molar-refractivity contribution is 5.90. The summed E-state index contributed by atoms with van der Waals surface area (Å²) in [7, 11) is 0. The van der Waals surface area contributed by atoms with Crippen LogP contribution >= 0.6 is 0 Å². The summed E-state index contributed by atoms with van der Waals surface area (Å²) < 4.78 is 45.2. The molecule has 6 rings (SSSR count). The van der Waals surface area contributed by atoms with Crippen LogP contribution in [0, 0.1) is 0 Å². The molecule has 2 aromatic carbocycles. The normalized spacial score (nSPS) is 33.9. The first-order valence-corrected chi connectivity index (χ1v) is 17.4. The minimum absolute atomic E-state index is 0.130. The van der Waals surface area contributed by atoms with Crippen molar-refractivity contribution in [2.24, 2.45) is 0 Å². The fraction of sp³-hybridized carbons (Fsp3) is 0.514. The summed E-state index contributed by atoms with van der Waals surface area (Å²) in [6.07, 6.45) is -23.8. The lowest BCUT2D eigenvalue weighted by atomic mass is 9.96. The van der Waals surface area contributed by atoms with Crippen LogP contribution in [0.15, 0.2) is 45.6 Å². The van der Waals surface area contributed by atoms with Crippen molar-refractivity contribution in [2.45, 2.75) is 85.8 Å². The maximum absolute atomic E-state index is 13.1. The van der Waals surface area contributed by atoms with Gasteiger partial charge in [0.05, 0.1) is 19.8 Å². The number of rotatable bonds is 13. The van der Waals surface area contributed by atoms with Gasteiger partial charge in [0.1, 0.15) is 95.7 Å². The molecule has 3 saturated heterocycles. The number of carboxylic acid groups (broad SMARTS) is 1. The molecular formula is C35H40O23. The van der Waals surface area contributed by atoms with Crippen molar-refractivity contribution in [2.75, 3.05) is 26.4 Å². The number of aromatic hydroxyl groups is 3. The van der Waals surface area contributed by atoms with Gasteiger partial charge < -0.3 is 98.9 Å². The summed E-state index contributed by atoms with van der Waals surface area (Å²) in [5.74, 6) is -5.03. The monoisotopic (exact) mass is 828 g/mol. The van der Waals surface area contributed by atoms with E-state index >= 15 is 0 Å². The average molecular weight is 829 g/mol. The van der Waals surface area contributed by atoms with E-state index in [9.17, 15) is 70.6 Å². The summed E-state index contributed by atoms with van der Waals surface area (Å²) in [4.78, 5) is 36.5. The molecule has 0 saturated carbocycles. The van der Waals surface area contributed by atoms with Crippen LogP contribution in [-0.2, 0) is 38.0 Å². The molecule has 0 spiro atoms. The van der Waals surface area contributed by atoms with Crippen LogP contribution in [0.1, 0.15) is 6.42 Å². The summed E-state index contributed by atoms with van der Waals surface area (Å²) in [5, 5.41) is 123. The van der Waals surface area contributed by atoms with Crippen molar-refractivity contribution in [1.29, 1.82) is 0 Å². The first kappa shape index (κ1) is 42.9. The zero-order chi connectivity index (χ0) is 42.2. The number of fused-ring (bicyclic) bond motifs is 1. The lowest BCUT2D eigenvalue weighted by molar-refractivity contribution is -0.364. The molecule has 58 heavy (non-hydrogen) atoms. The predicted molar refractivity (Wildman–Crippen MR) is 183 cm³/mol. The second-order valence-electron chi connectivity index (χ2n) is 13.7. The fourth-order valence-electron chi connectivity index (χ4n) is 6.45. The van der Waals surface area contributed by atoms with Gasteiger partial charge in [0.2, 0.25) is 6.29 Å². The van der Waals surface area contributed by atoms with Gasteiger partial charge >= 0.3 is 11.9 Å². The number of carbonyl (C=O) groups is 2. The molecule has 1 aromatic heterocycles. The Balaban J connectivity index is 1.38. The number of aliphatic hydroxyl groups is 8.